The van der Waals surface area contributed by atoms with E-state index in [1.165, 1.54) is 12.1 Å². The first-order valence-corrected chi connectivity index (χ1v) is 9.39. The molecule has 0 heterocycles. The fourth-order valence-electron chi connectivity index (χ4n) is 1.91. The van der Waals surface area contributed by atoms with E-state index in [4.69, 9.17) is 33.9 Å². The van der Waals surface area contributed by atoms with Gasteiger partial charge >= 0.3 is 0 Å². The van der Waals surface area contributed by atoms with Crippen molar-refractivity contribution in [2.75, 3.05) is 0 Å². The zero-order chi connectivity index (χ0) is 16.4. The Morgan fingerprint density at radius 2 is 1.86 bits per heavy atom. The van der Waals surface area contributed by atoms with Crippen molar-refractivity contribution in [2.45, 2.75) is 38.1 Å². The van der Waals surface area contributed by atoms with Crippen LogP contribution in [0.3, 0.4) is 0 Å². The van der Waals surface area contributed by atoms with Gasteiger partial charge in [0.2, 0.25) is 0 Å². The predicted octanol–water partition coefficient (Wildman–Crippen LogP) is 4.09. The molecule has 0 radical (unpaired) electrons. The number of hydrogen-bond acceptors (Lipinski definition) is 3. The van der Waals surface area contributed by atoms with Crippen LogP contribution in [0.1, 0.15) is 37.6 Å². The lowest BCUT2D eigenvalue weighted by atomic mass is 10.0. The smallest absolute Gasteiger partial charge is 0.262 e. The van der Waals surface area contributed by atoms with Crippen LogP contribution in [0.15, 0.2) is 17.0 Å². The average molecular weight is 373 g/mol. The Kier molecular flexibility index (Phi) is 6.35. The highest BCUT2D eigenvalue weighted by Crippen LogP contribution is 2.33. The topological polar surface area (TPSA) is 63.2 Å². The van der Waals surface area contributed by atoms with Crippen molar-refractivity contribution in [3.63, 3.8) is 0 Å². The van der Waals surface area contributed by atoms with Gasteiger partial charge in [0.05, 0.1) is 15.6 Å². The lowest BCUT2D eigenvalue weighted by Gasteiger charge is -2.21. The van der Waals surface area contributed by atoms with Crippen LogP contribution in [0, 0.1) is 5.92 Å². The third-order valence-electron chi connectivity index (χ3n) is 3.11. The molecule has 0 aliphatic carbocycles. The van der Waals surface area contributed by atoms with Crippen molar-refractivity contribution in [3.8, 4) is 0 Å². The van der Waals surface area contributed by atoms with Crippen molar-refractivity contribution in [1.29, 1.82) is 0 Å². The minimum absolute atomic E-state index is 0.0686. The van der Waals surface area contributed by atoms with E-state index in [0.29, 0.717) is 0 Å². The highest BCUT2D eigenvalue weighted by molar-refractivity contribution is 8.13. The summed E-state index contributed by atoms with van der Waals surface area (Å²) in [7, 11) is 1.23. The highest BCUT2D eigenvalue weighted by atomic mass is 35.7. The maximum absolute atomic E-state index is 12.3. The zero-order valence-corrected chi connectivity index (χ0v) is 14.9. The van der Waals surface area contributed by atoms with Crippen LogP contribution in [0.5, 0.6) is 0 Å². The second kappa shape index (κ2) is 7.18. The molecule has 1 N–H and O–H groups in total. The summed E-state index contributed by atoms with van der Waals surface area (Å²) in [4.78, 5) is 12.0. The standard InChI is InChI=1S/C13H16Cl3NO3S/c1-4-9(7(2)3)17-13(18)11-8(14)5-6-10(12(11)15)21(16,19)20/h5-7,9H,4H2,1-3H3,(H,17,18). The fourth-order valence-corrected chi connectivity index (χ4v) is 3.81. The SMILES string of the molecule is CCC(NC(=O)c1c(Cl)ccc(S(=O)(=O)Cl)c1Cl)C(C)C. The number of nitrogens with one attached hydrogen (secondary N) is 1. The van der Waals surface area contributed by atoms with Gasteiger partial charge in [-0.05, 0) is 24.5 Å². The molecule has 1 amide bonds. The Balaban J connectivity index is 3.27. The van der Waals surface area contributed by atoms with E-state index in [9.17, 15) is 13.2 Å². The summed E-state index contributed by atoms with van der Waals surface area (Å²) in [6.45, 7) is 5.88. The molecule has 0 saturated heterocycles. The first-order chi connectivity index (χ1) is 9.59. The number of carbonyl (C=O) groups excluding carboxylic acids is 1. The summed E-state index contributed by atoms with van der Waals surface area (Å²) >= 11 is 12.0. The summed E-state index contributed by atoms with van der Waals surface area (Å²) < 4.78 is 22.9. The second-order valence-electron chi connectivity index (χ2n) is 4.90. The quantitative estimate of drug-likeness (QED) is 0.792. The molecule has 0 aromatic heterocycles. The molecular formula is C13H16Cl3NO3S. The van der Waals surface area contributed by atoms with E-state index in [-0.39, 0.29) is 32.5 Å². The number of amides is 1. The van der Waals surface area contributed by atoms with Crippen molar-refractivity contribution < 1.29 is 13.2 Å². The Labute approximate surface area is 139 Å². The fraction of sp³-hybridized carbons (Fsp3) is 0.462. The first-order valence-electron chi connectivity index (χ1n) is 6.33. The lowest BCUT2D eigenvalue weighted by molar-refractivity contribution is 0.0924. The van der Waals surface area contributed by atoms with Gasteiger partial charge in [0.15, 0.2) is 0 Å². The normalized spacial score (nSPS) is 13.3. The van der Waals surface area contributed by atoms with Gasteiger partial charge in [0.25, 0.3) is 15.0 Å². The van der Waals surface area contributed by atoms with E-state index < -0.39 is 15.0 Å². The average Bonchev–Trinajstić information content (AvgIpc) is 2.33. The third kappa shape index (κ3) is 4.49. The maximum Gasteiger partial charge on any atom is 0.262 e. The van der Waals surface area contributed by atoms with Crippen LogP contribution in [-0.2, 0) is 9.05 Å². The summed E-state index contributed by atoms with van der Waals surface area (Å²) in [6.07, 6.45) is 0.728. The predicted molar refractivity (Wildman–Crippen MR) is 85.9 cm³/mol. The van der Waals surface area contributed by atoms with Crippen LogP contribution in [0.2, 0.25) is 10.0 Å². The molecular weight excluding hydrogens is 357 g/mol. The number of rotatable bonds is 5. The molecule has 0 bridgehead atoms. The summed E-state index contributed by atoms with van der Waals surface area (Å²) in [5, 5.41) is 2.60. The molecule has 1 aromatic carbocycles. The Hall–Kier alpha value is -0.490. The first kappa shape index (κ1) is 18.6. The van der Waals surface area contributed by atoms with Gasteiger partial charge in [-0.1, -0.05) is 44.0 Å². The van der Waals surface area contributed by atoms with Gasteiger partial charge in [-0.25, -0.2) is 8.42 Å². The molecule has 0 saturated carbocycles. The van der Waals surface area contributed by atoms with Crippen molar-refractivity contribution in [2.24, 2.45) is 5.92 Å². The number of carbonyl (C=O) groups is 1. The molecule has 0 fully saturated rings. The Morgan fingerprint density at radius 3 is 2.29 bits per heavy atom. The van der Waals surface area contributed by atoms with Crippen LogP contribution >= 0.6 is 33.9 Å². The number of halogens is 3. The molecule has 118 valence electrons. The minimum Gasteiger partial charge on any atom is -0.349 e. The Morgan fingerprint density at radius 1 is 1.29 bits per heavy atom. The van der Waals surface area contributed by atoms with E-state index >= 15 is 0 Å². The van der Waals surface area contributed by atoms with E-state index in [1.54, 1.807) is 0 Å². The van der Waals surface area contributed by atoms with Gasteiger partial charge in [-0.15, -0.1) is 0 Å². The number of hydrogen-bond donors (Lipinski definition) is 1. The van der Waals surface area contributed by atoms with E-state index in [2.05, 4.69) is 5.32 Å². The summed E-state index contributed by atoms with van der Waals surface area (Å²) in [5.41, 5.74) is -0.0841. The molecule has 1 rings (SSSR count). The molecule has 0 spiro atoms. The van der Waals surface area contributed by atoms with Gasteiger partial charge in [-0.2, -0.15) is 0 Å². The molecule has 8 heteroatoms. The van der Waals surface area contributed by atoms with Gasteiger partial charge in [0, 0.05) is 16.7 Å². The lowest BCUT2D eigenvalue weighted by Crippen LogP contribution is -2.38. The molecule has 1 atom stereocenters. The molecule has 0 aliphatic heterocycles. The van der Waals surface area contributed by atoms with Crippen LogP contribution in [0.4, 0.5) is 0 Å². The second-order valence-corrected chi connectivity index (χ2v) is 8.22. The molecule has 1 aromatic rings. The van der Waals surface area contributed by atoms with Crippen molar-refractivity contribution in [3.05, 3.63) is 27.7 Å². The summed E-state index contributed by atoms with van der Waals surface area (Å²) in [6, 6.07) is 2.39. The number of benzene rings is 1. The Bertz CT molecular complexity index is 644. The van der Waals surface area contributed by atoms with Crippen molar-refractivity contribution >= 4 is 48.8 Å². The van der Waals surface area contributed by atoms with Crippen molar-refractivity contribution in [1.82, 2.24) is 5.32 Å². The monoisotopic (exact) mass is 371 g/mol. The molecule has 1 unspecified atom stereocenters. The maximum atomic E-state index is 12.3. The molecule has 4 nitrogen and oxygen atoms in total. The minimum atomic E-state index is -4.06. The van der Waals surface area contributed by atoms with Crippen LogP contribution in [-0.4, -0.2) is 20.4 Å². The third-order valence-corrected chi connectivity index (χ3v) is 5.29. The van der Waals surface area contributed by atoms with E-state index in [0.717, 1.165) is 6.42 Å². The molecule has 21 heavy (non-hydrogen) atoms. The van der Waals surface area contributed by atoms with Crippen LogP contribution in [0.25, 0.3) is 0 Å². The van der Waals surface area contributed by atoms with Gasteiger partial charge in [0.1, 0.15) is 4.90 Å². The van der Waals surface area contributed by atoms with Crippen LogP contribution < -0.4 is 5.32 Å². The van der Waals surface area contributed by atoms with Gasteiger partial charge < -0.3 is 5.32 Å². The zero-order valence-electron chi connectivity index (χ0n) is 11.8. The largest absolute Gasteiger partial charge is 0.349 e. The molecule has 0 aliphatic rings. The summed E-state index contributed by atoms with van der Waals surface area (Å²) in [5.74, 6) is -0.302. The van der Waals surface area contributed by atoms with Gasteiger partial charge in [-0.3, -0.25) is 4.79 Å². The van der Waals surface area contributed by atoms with E-state index in [1.807, 2.05) is 20.8 Å². The highest BCUT2D eigenvalue weighted by Gasteiger charge is 2.25.